The number of nitrogens with zero attached hydrogens (tertiary/aromatic N) is 1. The number of non-ortho nitro benzene ring substituents is 1. The summed E-state index contributed by atoms with van der Waals surface area (Å²) >= 11 is 0. The molecular weight excluding hydrogens is 304 g/mol. The lowest BCUT2D eigenvalue weighted by molar-refractivity contribution is -0.384. The SMILES string of the molecule is CCc1ccc2c(C)c(Cc3ccc([N+](=O)[O-])cc3)c(=O)[nH]c2c1. The highest BCUT2D eigenvalue weighted by molar-refractivity contribution is 5.83. The van der Waals surface area contributed by atoms with E-state index in [0.29, 0.717) is 12.0 Å². The first kappa shape index (κ1) is 15.9. The average Bonchev–Trinajstić information content (AvgIpc) is 2.58. The summed E-state index contributed by atoms with van der Waals surface area (Å²) in [4.78, 5) is 25.7. The fourth-order valence-corrected chi connectivity index (χ4v) is 2.92. The van der Waals surface area contributed by atoms with Crippen LogP contribution in [0.1, 0.15) is 29.2 Å². The van der Waals surface area contributed by atoms with Crippen molar-refractivity contribution >= 4 is 16.6 Å². The van der Waals surface area contributed by atoms with Crippen molar-refractivity contribution < 1.29 is 4.92 Å². The van der Waals surface area contributed by atoms with Crippen LogP contribution in [0.25, 0.3) is 10.9 Å². The van der Waals surface area contributed by atoms with Gasteiger partial charge in [-0.15, -0.1) is 0 Å². The third-order valence-electron chi connectivity index (χ3n) is 4.40. The van der Waals surface area contributed by atoms with E-state index in [4.69, 9.17) is 0 Å². The number of hydrogen-bond donors (Lipinski definition) is 1. The number of nitrogens with one attached hydrogen (secondary N) is 1. The summed E-state index contributed by atoms with van der Waals surface area (Å²) in [6, 6.07) is 12.4. The van der Waals surface area contributed by atoms with Gasteiger partial charge in [-0.05, 0) is 36.1 Å². The number of nitro benzene ring substituents is 1. The Morgan fingerprint density at radius 2 is 1.75 bits per heavy atom. The number of nitro groups is 1. The number of aryl methyl sites for hydroxylation is 2. The maximum atomic E-state index is 12.5. The molecule has 1 N–H and O–H groups in total. The van der Waals surface area contributed by atoms with Gasteiger partial charge in [-0.1, -0.05) is 31.2 Å². The molecule has 0 aliphatic heterocycles. The third kappa shape index (κ3) is 2.93. The van der Waals surface area contributed by atoms with Crippen LogP contribution in [0.4, 0.5) is 5.69 Å². The van der Waals surface area contributed by atoms with Crippen LogP contribution >= 0.6 is 0 Å². The van der Waals surface area contributed by atoms with Crippen molar-refractivity contribution in [3.05, 3.63) is 85.2 Å². The molecule has 2 aromatic carbocycles. The average molecular weight is 322 g/mol. The zero-order valence-electron chi connectivity index (χ0n) is 13.6. The Labute approximate surface area is 139 Å². The Bertz CT molecular complexity index is 972. The van der Waals surface area contributed by atoms with Crippen molar-refractivity contribution in [3.63, 3.8) is 0 Å². The Kier molecular flexibility index (Phi) is 4.16. The van der Waals surface area contributed by atoms with E-state index in [1.54, 1.807) is 12.1 Å². The molecule has 1 aromatic heterocycles. The summed E-state index contributed by atoms with van der Waals surface area (Å²) in [5.74, 6) is 0. The molecule has 5 nitrogen and oxygen atoms in total. The normalized spacial score (nSPS) is 10.9. The predicted octanol–water partition coefficient (Wildman–Crippen LogP) is 3.90. The van der Waals surface area contributed by atoms with E-state index in [9.17, 15) is 14.9 Å². The van der Waals surface area contributed by atoms with Crippen LogP contribution in [-0.4, -0.2) is 9.91 Å². The molecule has 1 heterocycles. The van der Waals surface area contributed by atoms with Crippen LogP contribution < -0.4 is 5.56 Å². The Morgan fingerprint density at radius 3 is 2.38 bits per heavy atom. The second-order valence-corrected chi connectivity index (χ2v) is 5.89. The van der Waals surface area contributed by atoms with Gasteiger partial charge in [-0.25, -0.2) is 0 Å². The highest BCUT2D eigenvalue weighted by Crippen LogP contribution is 2.21. The van der Waals surface area contributed by atoms with E-state index in [1.165, 1.54) is 17.7 Å². The van der Waals surface area contributed by atoms with Gasteiger partial charge in [0.05, 0.1) is 4.92 Å². The molecule has 0 saturated heterocycles. The first-order chi connectivity index (χ1) is 11.5. The summed E-state index contributed by atoms with van der Waals surface area (Å²) in [6.45, 7) is 4.03. The second kappa shape index (κ2) is 6.28. The summed E-state index contributed by atoms with van der Waals surface area (Å²) < 4.78 is 0. The molecule has 3 rings (SSSR count). The van der Waals surface area contributed by atoms with Gasteiger partial charge in [0.2, 0.25) is 0 Å². The number of hydrogen-bond acceptors (Lipinski definition) is 3. The lowest BCUT2D eigenvalue weighted by Gasteiger charge is -2.10. The molecule has 0 saturated carbocycles. The lowest BCUT2D eigenvalue weighted by atomic mass is 9.97. The molecule has 0 spiro atoms. The van der Waals surface area contributed by atoms with E-state index in [2.05, 4.69) is 18.0 Å². The first-order valence-corrected chi connectivity index (χ1v) is 7.87. The topological polar surface area (TPSA) is 76.0 Å². The van der Waals surface area contributed by atoms with Crippen LogP contribution in [0.3, 0.4) is 0 Å². The van der Waals surface area contributed by atoms with Gasteiger partial charge in [-0.3, -0.25) is 14.9 Å². The molecule has 24 heavy (non-hydrogen) atoms. The van der Waals surface area contributed by atoms with Crippen molar-refractivity contribution in [2.24, 2.45) is 0 Å². The second-order valence-electron chi connectivity index (χ2n) is 5.89. The summed E-state index contributed by atoms with van der Waals surface area (Å²) in [7, 11) is 0. The van der Waals surface area contributed by atoms with Crippen molar-refractivity contribution in [1.82, 2.24) is 4.98 Å². The van der Waals surface area contributed by atoms with Gasteiger partial charge in [0, 0.05) is 35.0 Å². The maximum Gasteiger partial charge on any atom is 0.269 e. The van der Waals surface area contributed by atoms with Crippen molar-refractivity contribution in [2.45, 2.75) is 26.7 Å². The van der Waals surface area contributed by atoms with Crippen molar-refractivity contribution in [2.75, 3.05) is 0 Å². The molecule has 0 bridgehead atoms. The Morgan fingerprint density at radius 1 is 1.08 bits per heavy atom. The third-order valence-corrected chi connectivity index (χ3v) is 4.40. The summed E-state index contributed by atoms with van der Waals surface area (Å²) in [5, 5.41) is 11.8. The van der Waals surface area contributed by atoms with E-state index in [-0.39, 0.29) is 11.2 Å². The van der Waals surface area contributed by atoms with Gasteiger partial charge in [0.25, 0.3) is 11.2 Å². The zero-order chi connectivity index (χ0) is 17.3. The number of benzene rings is 2. The van der Waals surface area contributed by atoms with E-state index in [0.717, 1.165) is 28.5 Å². The standard InChI is InChI=1S/C19H18N2O3/c1-3-13-6-9-16-12(2)17(19(22)20-18(16)11-13)10-14-4-7-15(8-5-14)21(23)24/h4-9,11H,3,10H2,1-2H3,(H,20,22). The van der Waals surface area contributed by atoms with Crippen LogP contribution in [0.2, 0.25) is 0 Å². The van der Waals surface area contributed by atoms with Gasteiger partial charge >= 0.3 is 0 Å². The van der Waals surface area contributed by atoms with Crippen molar-refractivity contribution in [1.29, 1.82) is 0 Å². The minimum atomic E-state index is -0.427. The number of H-pyrrole nitrogens is 1. The molecule has 0 radical (unpaired) electrons. The number of aromatic amines is 1. The molecule has 3 aromatic rings. The Hall–Kier alpha value is -2.95. The van der Waals surface area contributed by atoms with Crippen LogP contribution in [0.5, 0.6) is 0 Å². The van der Waals surface area contributed by atoms with Crippen LogP contribution in [0, 0.1) is 17.0 Å². The molecule has 0 aliphatic rings. The number of rotatable bonds is 4. The van der Waals surface area contributed by atoms with Crippen molar-refractivity contribution in [3.8, 4) is 0 Å². The molecule has 122 valence electrons. The lowest BCUT2D eigenvalue weighted by Crippen LogP contribution is -2.15. The number of pyridine rings is 1. The van der Waals surface area contributed by atoms with E-state index >= 15 is 0 Å². The molecule has 5 heteroatoms. The molecule has 0 aliphatic carbocycles. The molecule has 0 unspecified atom stereocenters. The first-order valence-electron chi connectivity index (χ1n) is 7.87. The van der Waals surface area contributed by atoms with Crippen LogP contribution in [-0.2, 0) is 12.8 Å². The minimum absolute atomic E-state index is 0.0509. The summed E-state index contributed by atoms with van der Waals surface area (Å²) in [5.41, 5.74) is 4.50. The fraction of sp³-hybridized carbons (Fsp3) is 0.211. The monoisotopic (exact) mass is 322 g/mol. The fourth-order valence-electron chi connectivity index (χ4n) is 2.92. The number of aromatic nitrogens is 1. The smallest absolute Gasteiger partial charge is 0.269 e. The molecule has 0 atom stereocenters. The van der Waals surface area contributed by atoms with Crippen LogP contribution in [0.15, 0.2) is 47.3 Å². The molecule has 0 amide bonds. The van der Waals surface area contributed by atoms with Gasteiger partial charge in [-0.2, -0.15) is 0 Å². The van der Waals surface area contributed by atoms with Gasteiger partial charge < -0.3 is 4.98 Å². The minimum Gasteiger partial charge on any atom is -0.322 e. The maximum absolute atomic E-state index is 12.5. The predicted molar refractivity (Wildman–Crippen MR) is 94.6 cm³/mol. The quantitative estimate of drug-likeness (QED) is 0.584. The van der Waals surface area contributed by atoms with E-state index < -0.39 is 4.92 Å². The van der Waals surface area contributed by atoms with E-state index in [1.807, 2.05) is 19.1 Å². The molecule has 0 fully saturated rings. The van der Waals surface area contributed by atoms with Gasteiger partial charge in [0.1, 0.15) is 0 Å². The Balaban J connectivity index is 2.03. The zero-order valence-corrected chi connectivity index (χ0v) is 13.6. The number of fused-ring (bicyclic) bond motifs is 1. The van der Waals surface area contributed by atoms with Gasteiger partial charge in [0.15, 0.2) is 0 Å². The largest absolute Gasteiger partial charge is 0.322 e. The highest BCUT2D eigenvalue weighted by atomic mass is 16.6. The molecular formula is C19H18N2O3. The highest BCUT2D eigenvalue weighted by Gasteiger charge is 2.11. The summed E-state index contributed by atoms with van der Waals surface area (Å²) in [6.07, 6.45) is 1.37.